The van der Waals surface area contributed by atoms with Gasteiger partial charge in [0.1, 0.15) is 11.8 Å². The molecule has 0 bridgehead atoms. The standard InChI is InChI=1S/C17H21N3O/c1-13-15(9-17(10-18)20(13)2)11-19-16(12-21)8-14-6-4-3-5-7-14/h3-7,9,16,19,21H,8,11-12H2,1-2H3/t16-/m1/s1. The third-order valence-electron chi connectivity index (χ3n) is 3.88. The third-order valence-corrected chi connectivity index (χ3v) is 3.88. The Kier molecular flexibility index (Phi) is 5.15. The van der Waals surface area contributed by atoms with Gasteiger partial charge in [-0.2, -0.15) is 5.26 Å². The number of nitrogens with one attached hydrogen (secondary N) is 1. The van der Waals surface area contributed by atoms with Crippen molar-refractivity contribution in [2.24, 2.45) is 7.05 Å². The first-order chi connectivity index (χ1) is 10.2. The van der Waals surface area contributed by atoms with Crippen LogP contribution < -0.4 is 5.32 Å². The molecule has 2 N–H and O–H groups in total. The van der Waals surface area contributed by atoms with E-state index < -0.39 is 0 Å². The SMILES string of the molecule is Cc1c(CN[C@@H](CO)Cc2ccccc2)cc(C#N)n1C. The van der Waals surface area contributed by atoms with Gasteiger partial charge in [-0.15, -0.1) is 0 Å². The Bertz CT molecular complexity index is 625. The highest BCUT2D eigenvalue weighted by Crippen LogP contribution is 2.13. The Morgan fingerprint density at radius 3 is 2.62 bits per heavy atom. The number of aliphatic hydroxyl groups excluding tert-OH is 1. The van der Waals surface area contributed by atoms with Crippen LogP contribution in [0.5, 0.6) is 0 Å². The lowest BCUT2D eigenvalue weighted by Crippen LogP contribution is -2.34. The second-order valence-corrected chi connectivity index (χ2v) is 5.26. The summed E-state index contributed by atoms with van der Waals surface area (Å²) in [7, 11) is 1.89. The van der Waals surface area contributed by atoms with Crippen molar-refractivity contribution < 1.29 is 5.11 Å². The van der Waals surface area contributed by atoms with Crippen LogP contribution in [0.4, 0.5) is 0 Å². The predicted molar refractivity (Wildman–Crippen MR) is 82.7 cm³/mol. The fraction of sp³-hybridized carbons (Fsp3) is 0.353. The summed E-state index contributed by atoms with van der Waals surface area (Å²) >= 11 is 0. The largest absolute Gasteiger partial charge is 0.395 e. The van der Waals surface area contributed by atoms with Crippen molar-refractivity contribution in [1.29, 1.82) is 5.26 Å². The Morgan fingerprint density at radius 2 is 2.05 bits per heavy atom. The second-order valence-electron chi connectivity index (χ2n) is 5.26. The number of nitriles is 1. The number of hydrogen-bond donors (Lipinski definition) is 2. The monoisotopic (exact) mass is 283 g/mol. The van der Waals surface area contributed by atoms with Crippen molar-refractivity contribution in [1.82, 2.24) is 9.88 Å². The summed E-state index contributed by atoms with van der Waals surface area (Å²) in [6, 6.07) is 14.2. The molecule has 0 aliphatic rings. The molecule has 21 heavy (non-hydrogen) atoms. The lowest BCUT2D eigenvalue weighted by molar-refractivity contribution is 0.240. The van der Waals surface area contributed by atoms with E-state index in [4.69, 9.17) is 5.26 Å². The predicted octanol–water partition coefficient (Wildman–Crippen LogP) is 1.90. The van der Waals surface area contributed by atoms with Gasteiger partial charge in [0.05, 0.1) is 6.61 Å². The molecule has 0 amide bonds. The maximum absolute atomic E-state index is 9.52. The van der Waals surface area contributed by atoms with Crippen molar-refractivity contribution in [2.75, 3.05) is 6.61 Å². The number of aromatic nitrogens is 1. The zero-order chi connectivity index (χ0) is 15.2. The van der Waals surface area contributed by atoms with E-state index in [9.17, 15) is 5.11 Å². The summed E-state index contributed by atoms with van der Waals surface area (Å²) in [5.41, 5.74) is 4.04. The van der Waals surface area contributed by atoms with E-state index in [0.717, 1.165) is 17.7 Å². The second kappa shape index (κ2) is 7.07. The molecule has 1 atom stereocenters. The highest BCUT2D eigenvalue weighted by molar-refractivity contribution is 5.34. The van der Waals surface area contributed by atoms with Gasteiger partial charge in [0.2, 0.25) is 0 Å². The van der Waals surface area contributed by atoms with Crippen LogP contribution in [0.25, 0.3) is 0 Å². The zero-order valence-electron chi connectivity index (χ0n) is 12.5. The maximum Gasteiger partial charge on any atom is 0.120 e. The summed E-state index contributed by atoms with van der Waals surface area (Å²) in [6.07, 6.45) is 0.786. The number of aliphatic hydroxyl groups is 1. The van der Waals surface area contributed by atoms with Gasteiger partial charge in [-0.3, -0.25) is 0 Å². The van der Waals surface area contributed by atoms with Crippen LogP contribution in [0, 0.1) is 18.3 Å². The highest BCUT2D eigenvalue weighted by Gasteiger charge is 2.12. The first-order valence-electron chi connectivity index (χ1n) is 7.09. The summed E-state index contributed by atoms with van der Waals surface area (Å²) in [4.78, 5) is 0. The third kappa shape index (κ3) is 3.72. The van der Waals surface area contributed by atoms with E-state index in [1.807, 2.05) is 42.8 Å². The topological polar surface area (TPSA) is 61.0 Å². The van der Waals surface area contributed by atoms with E-state index in [0.29, 0.717) is 12.2 Å². The molecule has 0 spiro atoms. The number of hydrogen-bond acceptors (Lipinski definition) is 3. The van der Waals surface area contributed by atoms with Crippen LogP contribution in [0.15, 0.2) is 36.4 Å². The van der Waals surface area contributed by atoms with Crippen LogP contribution in [0.1, 0.15) is 22.5 Å². The van der Waals surface area contributed by atoms with Crippen molar-refractivity contribution in [2.45, 2.75) is 25.9 Å². The molecule has 0 radical (unpaired) electrons. The molecule has 1 aromatic carbocycles. The minimum absolute atomic E-state index is 0.0116. The molecule has 0 saturated heterocycles. The first kappa shape index (κ1) is 15.3. The van der Waals surface area contributed by atoms with Crippen LogP contribution >= 0.6 is 0 Å². The molecule has 0 fully saturated rings. The molecule has 110 valence electrons. The van der Waals surface area contributed by atoms with Crippen molar-refractivity contribution >= 4 is 0 Å². The summed E-state index contributed by atoms with van der Waals surface area (Å²) in [6.45, 7) is 2.74. The van der Waals surface area contributed by atoms with Gasteiger partial charge in [-0.1, -0.05) is 30.3 Å². The van der Waals surface area contributed by atoms with E-state index >= 15 is 0 Å². The molecule has 1 heterocycles. The Labute approximate surface area is 125 Å². The van der Waals surface area contributed by atoms with Gasteiger partial charge in [0.15, 0.2) is 0 Å². The van der Waals surface area contributed by atoms with Gasteiger partial charge in [0, 0.05) is 25.3 Å². The van der Waals surface area contributed by atoms with Crippen LogP contribution in [0.2, 0.25) is 0 Å². The van der Waals surface area contributed by atoms with Crippen LogP contribution in [-0.4, -0.2) is 22.3 Å². The molecule has 0 unspecified atom stereocenters. The van der Waals surface area contributed by atoms with Crippen molar-refractivity contribution in [3.05, 3.63) is 58.9 Å². The molecule has 2 rings (SSSR count). The Morgan fingerprint density at radius 1 is 1.33 bits per heavy atom. The van der Waals surface area contributed by atoms with Gasteiger partial charge in [-0.25, -0.2) is 0 Å². The molecular formula is C17H21N3O. The molecular weight excluding hydrogens is 262 g/mol. The van der Waals surface area contributed by atoms with Crippen molar-refractivity contribution in [3.63, 3.8) is 0 Å². The molecule has 0 aliphatic carbocycles. The average molecular weight is 283 g/mol. The van der Waals surface area contributed by atoms with E-state index in [1.165, 1.54) is 5.56 Å². The summed E-state index contributed by atoms with van der Waals surface area (Å²) in [5, 5.41) is 21.9. The van der Waals surface area contributed by atoms with Crippen molar-refractivity contribution in [3.8, 4) is 6.07 Å². The fourth-order valence-electron chi connectivity index (χ4n) is 2.40. The number of nitrogens with zero attached hydrogens (tertiary/aromatic N) is 2. The Balaban J connectivity index is 1.99. The van der Waals surface area contributed by atoms with E-state index in [2.05, 4.69) is 23.5 Å². The fourth-order valence-corrected chi connectivity index (χ4v) is 2.40. The van der Waals surface area contributed by atoms with Gasteiger partial charge in [0.25, 0.3) is 0 Å². The molecule has 0 aliphatic heterocycles. The van der Waals surface area contributed by atoms with E-state index in [1.54, 1.807) is 0 Å². The van der Waals surface area contributed by atoms with Crippen LogP contribution in [0.3, 0.4) is 0 Å². The smallest absolute Gasteiger partial charge is 0.120 e. The number of rotatable bonds is 6. The van der Waals surface area contributed by atoms with Gasteiger partial charge >= 0.3 is 0 Å². The van der Waals surface area contributed by atoms with Gasteiger partial charge < -0.3 is 15.0 Å². The molecule has 0 saturated carbocycles. The average Bonchev–Trinajstić information content (AvgIpc) is 2.80. The molecule has 4 heteroatoms. The summed E-state index contributed by atoms with van der Waals surface area (Å²) in [5.74, 6) is 0. The van der Waals surface area contributed by atoms with Gasteiger partial charge in [-0.05, 0) is 30.5 Å². The Hall–Kier alpha value is -2.09. The quantitative estimate of drug-likeness (QED) is 0.851. The minimum atomic E-state index is 0.0116. The lowest BCUT2D eigenvalue weighted by atomic mass is 10.1. The highest BCUT2D eigenvalue weighted by atomic mass is 16.3. The molecule has 2 aromatic rings. The van der Waals surface area contributed by atoms with Crippen LogP contribution in [-0.2, 0) is 20.0 Å². The normalized spacial score (nSPS) is 12.1. The lowest BCUT2D eigenvalue weighted by Gasteiger charge is -2.16. The first-order valence-corrected chi connectivity index (χ1v) is 7.09. The summed E-state index contributed by atoms with van der Waals surface area (Å²) < 4.78 is 1.89. The van der Waals surface area contributed by atoms with E-state index in [-0.39, 0.29) is 12.6 Å². The molecule has 1 aromatic heterocycles. The maximum atomic E-state index is 9.52. The minimum Gasteiger partial charge on any atom is -0.395 e. The zero-order valence-corrected chi connectivity index (χ0v) is 12.5. The number of benzene rings is 1. The molecule has 4 nitrogen and oxygen atoms in total.